The lowest BCUT2D eigenvalue weighted by molar-refractivity contribution is 0.578. The number of aliphatic imine (C=N–C) groups is 1. The molecular formula is C44H27N3OS. The maximum absolute atomic E-state index is 6.58. The molecule has 1 aliphatic heterocycles. The first-order valence-electron chi connectivity index (χ1n) is 16.6. The van der Waals surface area contributed by atoms with Crippen LogP contribution in [0, 0.1) is 0 Å². The van der Waals surface area contributed by atoms with Crippen molar-refractivity contribution in [1.29, 1.82) is 0 Å². The van der Waals surface area contributed by atoms with Gasteiger partial charge in [0.1, 0.15) is 11.3 Å². The largest absolute Gasteiger partial charge is 0.452 e. The van der Waals surface area contributed by atoms with Crippen molar-refractivity contribution in [2.45, 2.75) is 6.29 Å². The Labute approximate surface area is 285 Å². The molecular weight excluding hydrogens is 619 g/mol. The third-order valence-corrected chi connectivity index (χ3v) is 11.2. The molecule has 7 aromatic carbocycles. The molecule has 0 radical (unpaired) electrons. The van der Waals surface area contributed by atoms with Crippen molar-refractivity contribution in [3.8, 4) is 11.1 Å². The number of nitrogens with one attached hydrogen (secondary N) is 1. The van der Waals surface area contributed by atoms with E-state index in [0.717, 1.165) is 39.2 Å². The van der Waals surface area contributed by atoms with Crippen LogP contribution in [-0.4, -0.2) is 10.3 Å². The number of furan rings is 1. The summed E-state index contributed by atoms with van der Waals surface area (Å²) in [5.41, 5.74) is 8.37. The van der Waals surface area contributed by atoms with Gasteiger partial charge in [-0.25, -0.2) is 4.99 Å². The lowest BCUT2D eigenvalue weighted by Crippen LogP contribution is -2.24. The van der Waals surface area contributed by atoms with Gasteiger partial charge in [-0.1, -0.05) is 127 Å². The maximum Gasteiger partial charge on any atom is 0.201 e. The van der Waals surface area contributed by atoms with Gasteiger partial charge in [0.05, 0.1) is 21.4 Å². The van der Waals surface area contributed by atoms with E-state index < -0.39 is 6.29 Å². The predicted molar refractivity (Wildman–Crippen MR) is 206 cm³/mol. The van der Waals surface area contributed by atoms with E-state index in [-0.39, 0.29) is 0 Å². The van der Waals surface area contributed by atoms with Crippen LogP contribution in [0.4, 0.5) is 5.69 Å². The van der Waals surface area contributed by atoms with Gasteiger partial charge in [0.25, 0.3) is 0 Å². The fraction of sp³-hybridized carbons (Fsp3) is 0.0227. The molecule has 49 heavy (non-hydrogen) atoms. The van der Waals surface area contributed by atoms with Crippen LogP contribution in [0.1, 0.15) is 17.6 Å². The van der Waals surface area contributed by atoms with E-state index >= 15 is 0 Å². The third kappa shape index (κ3) is 3.82. The van der Waals surface area contributed by atoms with Gasteiger partial charge in [-0.15, -0.1) is 11.3 Å². The summed E-state index contributed by atoms with van der Waals surface area (Å²) in [5.74, 6) is 0.767. The highest BCUT2D eigenvalue weighted by Crippen LogP contribution is 2.49. The number of para-hydroxylation sites is 2. The van der Waals surface area contributed by atoms with Crippen molar-refractivity contribution >= 4 is 86.5 Å². The highest BCUT2D eigenvalue weighted by atomic mass is 32.1. The van der Waals surface area contributed by atoms with Gasteiger partial charge >= 0.3 is 0 Å². The minimum atomic E-state index is -0.422. The van der Waals surface area contributed by atoms with Crippen LogP contribution < -0.4 is 5.32 Å². The summed E-state index contributed by atoms with van der Waals surface area (Å²) in [6.45, 7) is 0. The van der Waals surface area contributed by atoms with Crippen LogP contribution >= 0.6 is 11.3 Å². The first-order chi connectivity index (χ1) is 24.3. The molecule has 1 atom stereocenters. The number of thiophene rings is 1. The first-order valence-corrected chi connectivity index (χ1v) is 17.4. The summed E-state index contributed by atoms with van der Waals surface area (Å²) >= 11 is 1.87. The zero-order chi connectivity index (χ0) is 32.1. The standard InChI is InChI=1S/C44H27N3OS/c1-2-12-26(13-3-1)27-22-24-28(25-23-27)39-42-40(32-17-7-10-20-35(32)48-42)46-44(45-39)47-34-19-9-6-16-31(34)37-29-14-4-5-15-30(29)38-33-18-8-11-21-36(33)49-43(38)41(37)47/h1-25,44,46H. The smallest absolute Gasteiger partial charge is 0.201 e. The molecule has 1 aliphatic rings. The molecule has 0 bridgehead atoms. The molecule has 4 nitrogen and oxygen atoms in total. The van der Waals surface area contributed by atoms with E-state index in [9.17, 15) is 0 Å². The van der Waals surface area contributed by atoms with E-state index in [1.165, 1.54) is 58.4 Å². The van der Waals surface area contributed by atoms with Crippen molar-refractivity contribution in [1.82, 2.24) is 4.57 Å². The zero-order valence-corrected chi connectivity index (χ0v) is 27.0. The summed E-state index contributed by atoms with van der Waals surface area (Å²) in [4.78, 5) is 5.55. The topological polar surface area (TPSA) is 42.5 Å². The van der Waals surface area contributed by atoms with Gasteiger partial charge in [0, 0.05) is 37.2 Å². The highest BCUT2D eigenvalue weighted by molar-refractivity contribution is 7.27. The van der Waals surface area contributed by atoms with Crippen molar-refractivity contribution in [2.24, 2.45) is 4.99 Å². The summed E-state index contributed by atoms with van der Waals surface area (Å²) in [6, 6.07) is 53.9. The second-order valence-corrected chi connectivity index (χ2v) is 13.8. The Morgan fingerprint density at radius 1 is 0.551 bits per heavy atom. The van der Waals surface area contributed by atoms with E-state index in [4.69, 9.17) is 9.41 Å². The molecule has 0 fully saturated rings. The minimum absolute atomic E-state index is 0.422. The molecule has 0 saturated heterocycles. The molecule has 0 saturated carbocycles. The summed E-state index contributed by atoms with van der Waals surface area (Å²) in [7, 11) is 0. The van der Waals surface area contributed by atoms with Crippen molar-refractivity contribution in [3.63, 3.8) is 0 Å². The minimum Gasteiger partial charge on any atom is -0.452 e. The summed E-state index contributed by atoms with van der Waals surface area (Å²) in [5, 5.41) is 12.6. The van der Waals surface area contributed by atoms with Crippen LogP contribution in [0.5, 0.6) is 0 Å². The van der Waals surface area contributed by atoms with Gasteiger partial charge in [-0.2, -0.15) is 0 Å². The first kappa shape index (κ1) is 26.9. The number of fused-ring (bicyclic) bond motifs is 13. The van der Waals surface area contributed by atoms with Crippen LogP contribution in [0.2, 0.25) is 0 Å². The normalized spacial score (nSPS) is 14.6. The Kier molecular flexibility index (Phi) is 5.57. The van der Waals surface area contributed by atoms with Crippen molar-refractivity contribution < 1.29 is 4.42 Å². The number of hydrogen-bond donors (Lipinski definition) is 1. The number of rotatable bonds is 3. The van der Waals surface area contributed by atoms with Crippen LogP contribution in [-0.2, 0) is 0 Å². The third-order valence-electron chi connectivity index (χ3n) is 10.0. The average Bonchev–Trinajstić information content (AvgIpc) is 3.85. The molecule has 0 amide bonds. The molecule has 3 aromatic heterocycles. The zero-order valence-electron chi connectivity index (χ0n) is 26.2. The second-order valence-electron chi connectivity index (χ2n) is 12.7. The average molecular weight is 646 g/mol. The Balaban J connectivity index is 1.23. The number of anilines is 1. The van der Waals surface area contributed by atoms with E-state index in [0.29, 0.717) is 0 Å². The van der Waals surface area contributed by atoms with E-state index in [1.54, 1.807) is 0 Å². The van der Waals surface area contributed by atoms with E-state index in [2.05, 4.69) is 149 Å². The van der Waals surface area contributed by atoms with Gasteiger partial charge in [-0.05, 0) is 46.2 Å². The summed E-state index contributed by atoms with van der Waals surface area (Å²) < 4.78 is 11.6. The molecule has 0 aliphatic carbocycles. The van der Waals surface area contributed by atoms with Gasteiger partial charge in [-0.3, -0.25) is 4.57 Å². The van der Waals surface area contributed by atoms with Crippen molar-refractivity contribution in [2.75, 3.05) is 5.32 Å². The quantitative estimate of drug-likeness (QED) is 0.208. The van der Waals surface area contributed by atoms with Crippen LogP contribution in [0.25, 0.3) is 74.8 Å². The van der Waals surface area contributed by atoms with Crippen LogP contribution in [0.15, 0.2) is 161 Å². The fourth-order valence-electron chi connectivity index (χ4n) is 7.89. The van der Waals surface area contributed by atoms with E-state index in [1.807, 2.05) is 23.5 Å². The molecule has 0 spiro atoms. The molecule has 1 N–H and O–H groups in total. The van der Waals surface area contributed by atoms with Gasteiger partial charge in [0.15, 0.2) is 5.76 Å². The fourth-order valence-corrected chi connectivity index (χ4v) is 9.15. The molecule has 10 aromatic rings. The predicted octanol–water partition coefficient (Wildman–Crippen LogP) is 12.1. The molecule has 4 heterocycles. The molecule has 1 unspecified atom stereocenters. The Morgan fingerprint density at radius 3 is 1.98 bits per heavy atom. The molecule has 11 rings (SSSR count). The number of nitrogens with zero attached hydrogens (tertiary/aromatic N) is 2. The van der Waals surface area contributed by atoms with Crippen molar-refractivity contribution in [3.05, 3.63) is 163 Å². The maximum atomic E-state index is 6.58. The second kappa shape index (κ2) is 10.2. The highest BCUT2D eigenvalue weighted by Gasteiger charge is 2.31. The lowest BCUT2D eigenvalue weighted by atomic mass is 9.99. The van der Waals surface area contributed by atoms with Gasteiger partial charge < -0.3 is 9.73 Å². The van der Waals surface area contributed by atoms with Crippen LogP contribution in [0.3, 0.4) is 0 Å². The Bertz CT molecular complexity index is 2960. The lowest BCUT2D eigenvalue weighted by Gasteiger charge is -2.26. The number of benzene rings is 7. The molecule has 5 heteroatoms. The number of hydrogen-bond acceptors (Lipinski definition) is 4. The summed E-state index contributed by atoms with van der Waals surface area (Å²) in [6.07, 6.45) is -0.422. The monoisotopic (exact) mass is 645 g/mol. The Hall–Kier alpha value is -6.17. The number of aromatic nitrogens is 1. The Morgan fingerprint density at radius 2 is 1.16 bits per heavy atom. The SMILES string of the molecule is c1ccc(-c2ccc(C3=NC(n4c5ccccc5c5c6ccccc6c6c7ccccc7sc6c54)Nc4c3oc3ccccc43)cc2)cc1. The molecule has 230 valence electrons. The van der Waals surface area contributed by atoms with Gasteiger partial charge in [0.2, 0.25) is 6.29 Å².